The molecule has 186 valence electrons. The Bertz CT molecular complexity index is 1300. The third-order valence-electron chi connectivity index (χ3n) is 7.41. The molecule has 3 aliphatic rings. The highest BCUT2D eigenvalue weighted by atomic mass is 32.2. The van der Waals surface area contributed by atoms with Crippen molar-refractivity contribution < 1.29 is 18.0 Å². The van der Waals surface area contributed by atoms with E-state index < -0.39 is 10.0 Å². The molecule has 35 heavy (non-hydrogen) atoms. The minimum absolute atomic E-state index is 0.0234. The molecule has 0 spiro atoms. The molecule has 9 nitrogen and oxygen atoms in total. The number of aromatic nitrogens is 1. The second-order valence-corrected chi connectivity index (χ2v) is 11.8. The predicted octanol–water partition coefficient (Wildman–Crippen LogP) is 1.85. The number of benzene rings is 1. The van der Waals surface area contributed by atoms with E-state index in [1.54, 1.807) is 24.3 Å². The lowest BCUT2D eigenvalue weighted by molar-refractivity contribution is -0.139. The summed E-state index contributed by atoms with van der Waals surface area (Å²) in [5.74, 6) is 0.124. The van der Waals surface area contributed by atoms with Crippen LogP contribution in [0.15, 0.2) is 52.2 Å². The number of pyridine rings is 1. The van der Waals surface area contributed by atoms with Crippen LogP contribution in [0.5, 0.6) is 0 Å². The van der Waals surface area contributed by atoms with E-state index in [9.17, 15) is 22.8 Å². The summed E-state index contributed by atoms with van der Waals surface area (Å²) in [5, 5.41) is 2.63. The van der Waals surface area contributed by atoms with Gasteiger partial charge in [-0.05, 0) is 55.5 Å². The van der Waals surface area contributed by atoms with Gasteiger partial charge in [-0.25, -0.2) is 8.42 Å². The molecule has 0 unspecified atom stereocenters. The lowest BCUT2D eigenvalue weighted by atomic mass is 9.82. The molecule has 1 aromatic heterocycles. The summed E-state index contributed by atoms with van der Waals surface area (Å²) in [7, 11) is -3.67. The molecule has 0 aliphatic carbocycles. The first-order chi connectivity index (χ1) is 16.7. The second-order valence-electron chi connectivity index (χ2n) is 9.83. The standard InChI is InChI=1S/C25H30N4O5S/c1-17(30)26-21-5-7-22(8-6-21)35(33,34)28-11-9-19(10-12-28)25(32)27-14-18-13-20(16-27)23-3-2-4-24(31)29(23)15-18/h2-8,18-20H,9-16H2,1H3,(H,26,30)/t18-,20-/m0/s1. The van der Waals surface area contributed by atoms with Crippen molar-refractivity contribution in [3.8, 4) is 0 Å². The SMILES string of the molecule is CC(=O)Nc1ccc(S(=O)(=O)N2CCC(C(=O)N3C[C@@H]4C[C@@H](C3)c3cccc(=O)n3C4)CC2)cc1. The Balaban J connectivity index is 1.22. The van der Waals surface area contributed by atoms with E-state index in [0.717, 1.165) is 12.1 Å². The minimum Gasteiger partial charge on any atom is -0.341 e. The van der Waals surface area contributed by atoms with Crippen LogP contribution >= 0.6 is 0 Å². The van der Waals surface area contributed by atoms with Gasteiger partial charge in [0.2, 0.25) is 21.8 Å². The highest BCUT2D eigenvalue weighted by Gasteiger charge is 2.39. The Morgan fingerprint density at radius 2 is 1.69 bits per heavy atom. The number of rotatable bonds is 4. The third kappa shape index (κ3) is 4.64. The number of fused-ring (bicyclic) bond motifs is 4. The van der Waals surface area contributed by atoms with Crippen LogP contribution in [0.2, 0.25) is 0 Å². The molecule has 4 heterocycles. The molecular formula is C25H30N4O5S. The summed E-state index contributed by atoms with van der Waals surface area (Å²) in [5.41, 5.74) is 1.58. The largest absolute Gasteiger partial charge is 0.341 e. The van der Waals surface area contributed by atoms with Crippen LogP contribution in [0.3, 0.4) is 0 Å². The quantitative estimate of drug-likeness (QED) is 0.692. The summed E-state index contributed by atoms with van der Waals surface area (Å²) in [6, 6.07) is 11.5. The number of sulfonamides is 1. The van der Waals surface area contributed by atoms with Crippen LogP contribution in [0.1, 0.15) is 37.8 Å². The van der Waals surface area contributed by atoms with Crippen molar-refractivity contribution in [2.75, 3.05) is 31.5 Å². The molecule has 2 atom stereocenters. The molecular weight excluding hydrogens is 468 g/mol. The topological polar surface area (TPSA) is 109 Å². The van der Waals surface area contributed by atoms with Crippen molar-refractivity contribution in [3.05, 3.63) is 58.5 Å². The van der Waals surface area contributed by atoms with Gasteiger partial charge in [0.25, 0.3) is 5.56 Å². The summed E-state index contributed by atoms with van der Waals surface area (Å²) < 4.78 is 29.5. The second kappa shape index (κ2) is 9.23. The van der Waals surface area contributed by atoms with Crippen LogP contribution in [0.25, 0.3) is 0 Å². The van der Waals surface area contributed by atoms with Crippen LogP contribution < -0.4 is 10.9 Å². The van der Waals surface area contributed by atoms with Crippen LogP contribution in [-0.4, -0.2) is 60.2 Å². The number of carbonyl (C=O) groups excluding carboxylic acids is 2. The number of nitrogens with zero attached hydrogens (tertiary/aromatic N) is 3. The van der Waals surface area contributed by atoms with E-state index in [4.69, 9.17) is 0 Å². The van der Waals surface area contributed by atoms with Crippen LogP contribution in [-0.2, 0) is 26.2 Å². The Hall–Kier alpha value is -2.98. The first-order valence-corrected chi connectivity index (χ1v) is 13.5. The number of carbonyl (C=O) groups is 2. The maximum atomic E-state index is 13.4. The zero-order chi connectivity index (χ0) is 24.7. The summed E-state index contributed by atoms with van der Waals surface area (Å²) in [4.78, 5) is 38.9. The average Bonchev–Trinajstić information content (AvgIpc) is 2.84. The molecule has 0 radical (unpaired) electrons. The first kappa shape index (κ1) is 23.7. The zero-order valence-electron chi connectivity index (χ0n) is 19.7. The lowest BCUT2D eigenvalue weighted by Crippen LogP contribution is -2.52. The minimum atomic E-state index is -3.67. The van der Waals surface area contributed by atoms with E-state index in [-0.39, 0.29) is 40.0 Å². The van der Waals surface area contributed by atoms with Gasteiger partial charge in [0.15, 0.2) is 0 Å². The first-order valence-electron chi connectivity index (χ1n) is 12.1. The molecule has 2 saturated heterocycles. The van der Waals surface area contributed by atoms with Gasteiger partial charge >= 0.3 is 0 Å². The highest BCUT2D eigenvalue weighted by molar-refractivity contribution is 7.89. The van der Waals surface area contributed by atoms with Crippen molar-refractivity contribution in [1.29, 1.82) is 0 Å². The van der Waals surface area contributed by atoms with Crippen molar-refractivity contribution in [3.63, 3.8) is 0 Å². The van der Waals surface area contributed by atoms with E-state index >= 15 is 0 Å². The van der Waals surface area contributed by atoms with E-state index in [1.807, 2.05) is 15.5 Å². The van der Waals surface area contributed by atoms with Gasteiger partial charge in [-0.1, -0.05) is 6.07 Å². The Labute approximate surface area is 204 Å². The number of nitrogens with one attached hydrogen (secondary N) is 1. The van der Waals surface area contributed by atoms with E-state index in [1.165, 1.54) is 23.4 Å². The molecule has 2 fully saturated rings. The van der Waals surface area contributed by atoms with Gasteiger partial charge < -0.3 is 14.8 Å². The number of hydrogen-bond donors (Lipinski definition) is 1. The molecule has 1 aromatic carbocycles. The van der Waals surface area contributed by atoms with Gasteiger partial charge in [-0.3, -0.25) is 14.4 Å². The predicted molar refractivity (Wildman–Crippen MR) is 130 cm³/mol. The number of anilines is 1. The van der Waals surface area contributed by atoms with Gasteiger partial charge in [0.05, 0.1) is 4.90 Å². The monoisotopic (exact) mass is 498 g/mol. The van der Waals surface area contributed by atoms with Crippen molar-refractivity contribution in [2.24, 2.45) is 11.8 Å². The smallest absolute Gasteiger partial charge is 0.250 e. The number of piperidine rings is 2. The summed E-state index contributed by atoms with van der Waals surface area (Å²) in [6.07, 6.45) is 1.97. The average molecular weight is 499 g/mol. The molecule has 10 heteroatoms. The van der Waals surface area contributed by atoms with Gasteiger partial charge in [-0.2, -0.15) is 4.31 Å². The summed E-state index contributed by atoms with van der Waals surface area (Å²) in [6.45, 7) is 3.89. The molecule has 2 bridgehead atoms. The number of likely N-dealkylation sites (tertiary alicyclic amines) is 1. The molecule has 3 aliphatic heterocycles. The normalized spacial score (nSPS) is 22.9. The lowest BCUT2D eigenvalue weighted by Gasteiger charge is -2.44. The molecule has 2 amide bonds. The highest BCUT2D eigenvalue weighted by Crippen LogP contribution is 2.36. The molecule has 5 rings (SSSR count). The fraction of sp³-hybridized carbons (Fsp3) is 0.480. The third-order valence-corrected chi connectivity index (χ3v) is 9.32. The molecule has 2 aromatic rings. The number of hydrogen-bond acceptors (Lipinski definition) is 5. The van der Waals surface area contributed by atoms with E-state index in [0.29, 0.717) is 51.3 Å². The Kier molecular flexibility index (Phi) is 6.27. The van der Waals surface area contributed by atoms with Gasteiger partial charge in [0.1, 0.15) is 0 Å². The van der Waals surface area contributed by atoms with Crippen molar-refractivity contribution in [1.82, 2.24) is 13.8 Å². The Morgan fingerprint density at radius 3 is 2.37 bits per heavy atom. The van der Waals surface area contributed by atoms with Crippen LogP contribution in [0.4, 0.5) is 5.69 Å². The Morgan fingerprint density at radius 1 is 0.971 bits per heavy atom. The molecule has 0 saturated carbocycles. The maximum Gasteiger partial charge on any atom is 0.250 e. The van der Waals surface area contributed by atoms with Crippen molar-refractivity contribution >= 4 is 27.5 Å². The van der Waals surface area contributed by atoms with Gasteiger partial charge in [0, 0.05) is 68.9 Å². The fourth-order valence-corrected chi connectivity index (χ4v) is 7.21. The summed E-state index contributed by atoms with van der Waals surface area (Å²) >= 11 is 0. The number of amides is 2. The van der Waals surface area contributed by atoms with Crippen LogP contribution in [0, 0.1) is 11.8 Å². The zero-order valence-corrected chi connectivity index (χ0v) is 20.5. The van der Waals surface area contributed by atoms with Gasteiger partial charge in [-0.15, -0.1) is 0 Å². The van der Waals surface area contributed by atoms with E-state index in [2.05, 4.69) is 5.32 Å². The molecule has 1 N–H and O–H groups in total. The van der Waals surface area contributed by atoms with Crippen molar-refractivity contribution in [2.45, 2.75) is 43.5 Å². The fourth-order valence-electron chi connectivity index (χ4n) is 5.74. The maximum absolute atomic E-state index is 13.4.